The maximum absolute atomic E-state index is 12.7. The second-order valence-corrected chi connectivity index (χ2v) is 8.40. The number of piperazine rings is 1. The Morgan fingerprint density at radius 3 is 2.32 bits per heavy atom. The molecule has 1 aliphatic rings. The highest BCUT2D eigenvalue weighted by Gasteiger charge is 2.30. The standard InChI is InChI=1S/C18H19ClN2O3S/c1-14-4-2-5-15(12-14)18(22)20-8-10-21(11-9-20)25(23,24)17-7-3-6-16(19)13-17/h2-7,12-13H,8-11H2,1H3. The third-order valence-corrected chi connectivity index (χ3v) is 6.35. The summed E-state index contributed by atoms with van der Waals surface area (Å²) in [5.74, 6) is -0.0662. The summed E-state index contributed by atoms with van der Waals surface area (Å²) in [6, 6.07) is 13.6. The van der Waals surface area contributed by atoms with E-state index in [1.54, 1.807) is 23.1 Å². The Kier molecular flexibility index (Phi) is 5.13. The van der Waals surface area contributed by atoms with Crippen molar-refractivity contribution in [2.24, 2.45) is 0 Å². The highest BCUT2D eigenvalue weighted by molar-refractivity contribution is 7.89. The van der Waals surface area contributed by atoms with E-state index in [2.05, 4.69) is 0 Å². The van der Waals surface area contributed by atoms with Gasteiger partial charge in [0.25, 0.3) is 5.91 Å². The third kappa shape index (κ3) is 3.86. The first-order valence-electron chi connectivity index (χ1n) is 7.99. The molecular weight excluding hydrogens is 360 g/mol. The molecule has 0 bridgehead atoms. The minimum Gasteiger partial charge on any atom is -0.336 e. The number of carbonyl (C=O) groups is 1. The summed E-state index contributed by atoms with van der Waals surface area (Å²) in [6.45, 7) is 3.21. The van der Waals surface area contributed by atoms with Gasteiger partial charge in [0, 0.05) is 36.8 Å². The summed E-state index contributed by atoms with van der Waals surface area (Å²) >= 11 is 5.90. The second-order valence-electron chi connectivity index (χ2n) is 6.02. The van der Waals surface area contributed by atoms with E-state index in [9.17, 15) is 13.2 Å². The predicted molar refractivity (Wildman–Crippen MR) is 97.3 cm³/mol. The number of rotatable bonds is 3. The third-order valence-electron chi connectivity index (χ3n) is 4.22. The van der Waals surface area contributed by atoms with Crippen molar-refractivity contribution in [3.8, 4) is 0 Å². The number of hydrogen-bond donors (Lipinski definition) is 0. The molecule has 0 aliphatic carbocycles. The zero-order chi connectivity index (χ0) is 18.0. The van der Waals surface area contributed by atoms with Crippen LogP contribution in [0.5, 0.6) is 0 Å². The van der Waals surface area contributed by atoms with Crippen LogP contribution in [0.4, 0.5) is 0 Å². The van der Waals surface area contributed by atoms with Crippen LogP contribution in [-0.2, 0) is 10.0 Å². The van der Waals surface area contributed by atoms with Gasteiger partial charge in [-0.2, -0.15) is 4.31 Å². The highest BCUT2D eigenvalue weighted by atomic mass is 35.5. The van der Waals surface area contributed by atoms with E-state index < -0.39 is 10.0 Å². The van der Waals surface area contributed by atoms with Crippen LogP contribution in [-0.4, -0.2) is 49.7 Å². The van der Waals surface area contributed by atoms with Crippen LogP contribution in [0.15, 0.2) is 53.4 Å². The lowest BCUT2D eigenvalue weighted by atomic mass is 10.1. The zero-order valence-electron chi connectivity index (χ0n) is 13.9. The maximum atomic E-state index is 12.7. The van der Waals surface area contributed by atoms with Gasteiger partial charge in [-0.15, -0.1) is 0 Å². The number of halogens is 1. The molecule has 0 atom stereocenters. The molecule has 0 aromatic heterocycles. The van der Waals surface area contributed by atoms with Gasteiger partial charge in [0.05, 0.1) is 4.90 Å². The quantitative estimate of drug-likeness (QED) is 0.825. The average Bonchev–Trinajstić information content (AvgIpc) is 2.61. The first kappa shape index (κ1) is 17.9. The second kappa shape index (κ2) is 7.15. The molecule has 1 saturated heterocycles. The molecule has 1 amide bonds. The summed E-state index contributed by atoms with van der Waals surface area (Å²) in [4.78, 5) is 14.4. The Labute approximate surface area is 152 Å². The predicted octanol–water partition coefficient (Wildman–Crippen LogP) is 2.80. The smallest absolute Gasteiger partial charge is 0.253 e. The SMILES string of the molecule is Cc1cccc(C(=O)N2CCN(S(=O)(=O)c3cccc(Cl)c3)CC2)c1. The molecule has 5 nitrogen and oxygen atoms in total. The largest absolute Gasteiger partial charge is 0.336 e. The normalized spacial score (nSPS) is 16.0. The Bertz CT molecular complexity index is 891. The molecular formula is C18H19ClN2O3S. The lowest BCUT2D eigenvalue weighted by Gasteiger charge is -2.34. The fourth-order valence-electron chi connectivity index (χ4n) is 2.87. The molecule has 1 aliphatic heterocycles. The number of sulfonamides is 1. The van der Waals surface area contributed by atoms with Gasteiger partial charge in [-0.25, -0.2) is 8.42 Å². The number of carbonyl (C=O) groups excluding carboxylic acids is 1. The number of nitrogens with zero attached hydrogens (tertiary/aromatic N) is 2. The summed E-state index contributed by atoms with van der Waals surface area (Å²) in [5, 5.41) is 0.384. The summed E-state index contributed by atoms with van der Waals surface area (Å²) in [7, 11) is -3.59. The van der Waals surface area contributed by atoms with Crippen molar-refractivity contribution in [2.45, 2.75) is 11.8 Å². The molecule has 0 saturated carbocycles. The molecule has 2 aromatic carbocycles. The van der Waals surface area contributed by atoms with E-state index in [1.165, 1.54) is 16.4 Å². The molecule has 0 spiro atoms. The average molecular weight is 379 g/mol. The Morgan fingerprint density at radius 1 is 1.00 bits per heavy atom. The summed E-state index contributed by atoms with van der Waals surface area (Å²) in [5.41, 5.74) is 1.65. The van der Waals surface area contributed by atoms with Crippen LogP contribution in [0.2, 0.25) is 5.02 Å². The molecule has 3 rings (SSSR count). The Hall–Kier alpha value is -1.89. The number of hydrogen-bond acceptors (Lipinski definition) is 3. The van der Waals surface area contributed by atoms with Crippen molar-refractivity contribution in [3.05, 3.63) is 64.7 Å². The summed E-state index contributed by atoms with van der Waals surface area (Å²) < 4.78 is 26.8. The van der Waals surface area contributed by atoms with Crippen molar-refractivity contribution in [3.63, 3.8) is 0 Å². The first-order valence-corrected chi connectivity index (χ1v) is 9.81. The van der Waals surface area contributed by atoms with Crippen LogP contribution in [0, 0.1) is 6.92 Å². The molecule has 7 heteroatoms. The van der Waals surface area contributed by atoms with Crippen molar-refractivity contribution < 1.29 is 13.2 Å². The molecule has 0 unspecified atom stereocenters. The van der Waals surface area contributed by atoms with Crippen LogP contribution >= 0.6 is 11.6 Å². The molecule has 0 N–H and O–H groups in total. The van der Waals surface area contributed by atoms with Crippen LogP contribution in [0.1, 0.15) is 15.9 Å². The molecule has 1 heterocycles. The Balaban J connectivity index is 1.70. The zero-order valence-corrected chi connectivity index (χ0v) is 15.4. The van der Waals surface area contributed by atoms with Gasteiger partial charge in [0.1, 0.15) is 0 Å². The topological polar surface area (TPSA) is 57.7 Å². The fraction of sp³-hybridized carbons (Fsp3) is 0.278. The van der Waals surface area contributed by atoms with E-state index in [1.807, 2.05) is 25.1 Å². The molecule has 25 heavy (non-hydrogen) atoms. The van der Waals surface area contributed by atoms with E-state index in [0.717, 1.165) is 5.56 Å². The fourth-order valence-corrected chi connectivity index (χ4v) is 4.59. The van der Waals surface area contributed by atoms with Crippen molar-refractivity contribution in [1.82, 2.24) is 9.21 Å². The number of aryl methyl sites for hydroxylation is 1. The number of benzene rings is 2. The lowest BCUT2D eigenvalue weighted by Crippen LogP contribution is -2.50. The van der Waals surface area contributed by atoms with Gasteiger partial charge in [-0.05, 0) is 37.3 Å². The van der Waals surface area contributed by atoms with E-state index in [4.69, 9.17) is 11.6 Å². The van der Waals surface area contributed by atoms with Crippen LogP contribution in [0.25, 0.3) is 0 Å². The molecule has 2 aromatic rings. The van der Waals surface area contributed by atoms with Gasteiger partial charge in [0.2, 0.25) is 10.0 Å². The van der Waals surface area contributed by atoms with E-state index in [0.29, 0.717) is 23.7 Å². The van der Waals surface area contributed by atoms with Crippen molar-refractivity contribution in [1.29, 1.82) is 0 Å². The lowest BCUT2D eigenvalue weighted by molar-refractivity contribution is 0.0698. The highest BCUT2D eigenvalue weighted by Crippen LogP contribution is 2.21. The molecule has 132 valence electrons. The van der Waals surface area contributed by atoms with Crippen molar-refractivity contribution in [2.75, 3.05) is 26.2 Å². The van der Waals surface area contributed by atoms with Crippen molar-refractivity contribution >= 4 is 27.5 Å². The van der Waals surface area contributed by atoms with E-state index >= 15 is 0 Å². The first-order chi connectivity index (χ1) is 11.9. The van der Waals surface area contributed by atoms with Gasteiger partial charge < -0.3 is 4.90 Å². The van der Waals surface area contributed by atoms with E-state index in [-0.39, 0.29) is 23.9 Å². The van der Waals surface area contributed by atoms with Gasteiger partial charge in [0.15, 0.2) is 0 Å². The minimum atomic E-state index is -3.59. The van der Waals surface area contributed by atoms with Crippen LogP contribution in [0.3, 0.4) is 0 Å². The minimum absolute atomic E-state index is 0.0662. The Morgan fingerprint density at radius 2 is 1.68 bits per heavy atom. The molecule has 0 radical (unpaired) electrons. The molecule has 1 fully saturated rings. The summed E-state index contributed by atoms with van der Waals surface area (Å²) in [6.07, 6.45) is 0. The number of amides is 1. The van der Waals surface area contributed by atoms with Gasteiger partial charge >= 0.3 is 0 Å². The van der Waals surface area contributed by atoms with Gasteiger partial charge in [-0.1, -0.05) is 35.4 Å². The monoisotopic (exact) mass is 378 g/mol. The van der Waals surface area contributed by atoms with Gasteiger partial charge in [-0.3, -0.25) is 4.79 Å². The van der Waals surface area contributed by atoms with Crippen LogP contribution < -0.4 is 0 Å². The maximum Gasteiger partial charge on any atom is 0.253 e.